The van der Waals surface area contributed by atoms with Crippen LogP contribution in [0.5, 0.6) is 0 Å². The Bertz CT molecular complexity index is 780. The van der Waals surface area contributed by atoms with E-state index in [1.54, 1.807) is 36.4 Å². The van der Waals surface area contributed by atoms with Gasteiger partial charge in [-0.15, -0.1) is 0 Å². The van der Waals surface area contributed by atoms with Crippen LogP contribution in [0.3, 0.4) is 0 Å². The average molecular weight is 358 g/mol. The molecule has 2 rings (SSSR count). The van der Waals surface area contributed by atoms with Crippen molar-refractivity contribution in [1.29, 1.82) is 0 Å². The molecule has 3 N–H and O–H groups in total. The summed E-state index contributed by atoms with van der Waals surface area (Å²) >= 11 is 0. The standard InChI is InChI=1S/C19H19FN2O4/c20-15-9-5-4-6-13(15)12-17(23)22-16(10-11-18(24)25)19(26)21-14-7-2-1-3-8-14/h1-9,16H,10-12H2,(H,21,26)(H,22,23)(H,24,25)/t16-/m0/s1. The van der Waals surface area contributed by atoms with Crippen LogP contribution in [0, 0.1) is 5.82 Å². The molecular weight excluding hydrogens is 339 g/mol. The van der Waals surface area contributed by atoms with Crippen molar-refractivity contribution in [2.75, 3.05) is 5.32 Å². The molecule has 0 spiro atoms. The Labute approximate surface area is 150 Å². The Kier molecular flexibility index (Phi) is 6.84. The molecular formula is C19H19FN2O4. The van der Waals surface area contributed by atoms with Gasteiger partial charge in [0.25, 0.3) is 0 Å². The monoisotopic (exact) mass is 358 g/mol. The van der Waals surface area contributed by atoms with Gasteiger partial charge >= 0.3 is 5.97 Å². The molecule has 2 aromatic rings. The molecule has 0 bridgehead atoms. The smallest absolute Gasteiger partial charge is 0.303 e. The molecule has 0 aliphatic rings. The molecule has 0 fully saturated rings. The predicted octanol–water partition coefficient (Wildman–Crippen LogP) is 2.36. The summed E-state index contributed by atoms with van der Waals surface area (Å²) < 4.78 is 13.7. The third-order valence-electron chi connectivity index (χ3n) is 3.65. The lowest BCUT2D eigenvalue weighted by Crippen LogP contribution is -2.44. The highest BCUT2D eigenvalue weighted by atomic mass is 19.1. The van der Waals surface area contributed by atoms with Crippen molar-refractivity contribution in [2.24, 2.45) is 0 Å². The highest BCUT2D eigenvalue weighted by molar-refractivity contribution is 5.97. The SMILES string of the molecule is O=C(O)CC[C@H](NC(=O)Cc1ccccc1F)C(=O)Nc1ccccc1. The molecule has 0 radical (unpaired) electrons. The highest BCUT2D eigenvalue weighted by Crippen LogP contribution is 2.10. The third kappa shape index (κ3) is 6.01. The van der Waals surface area contributed by atoms with Crippen LogP contribution in [0.15, 0.2) is 54.6 Å². The minimum absolute atomic E-state index is 0.0724. The molecule has 6 nitrogen and oxygen atoms in total. The zero-order valence-corrected chi connectivity index (χ0v) is 13.9. The number of carboxylic acid groups (broad SMARTS) is 1. The van der Waals surface area contributed by atoms with Crippen LogP contribution in [-0.4, -0.2) is 28.9 Å². The number of carbonyl (C=O) groups is 3. The molecule has 0 saturated carbocycles. The number of para-hydroxylation sites is 1. The first-order valence-corrected chi connectivity index (χ1v) is 8.06. The molecule has 1 atom stereocenters. The van der Waals surface area contributed by atoms with Crippen LogP contribution in [0.25, 0.3) is 0 Å². The van der Waals surface area contributed by atoms with Gasteiger partial charge in [0.1, 0.15) is 11.9 Å². The van der Waals surface area contributed by atoms with Crippen molar-refractivity contribution in [3.63, 3.8) is 0 Å². The van der Waals surface area contributed by atoms with Crippen LogP contribution in [0.4, 0.5) is 10.1 Å². The van der Waals surface area contributed by atoms with E-state index in [1.807, 2.05) is 0 Å². The number of carbonyl (C=O) groups excluding carboxylic acids is 2. The molecule has 136 valence electrons. The van der Waals surface area contributed by atoms with Crippen LogP contribution in [-0.2, 0) is 20.8 Å². The summed E-state index contributed by atoms with van der Waals surface area (Å²) in [6, 6.07) is 13.4. The number of carboxylic acids is 1. The van der Waals surface area contributed by atoms with E-state index in [0.717, 1.165) is 0 Å². The summed E-state index contributed by atoms with van der Waals surface area (Å²) in [5.41, 5.74) is 0.728. The van der Waals surface area contributed by atoms with Gasteiger partial charge in [0, 0.05) is 12.1 Å². The topological polar surface area (TPSA) is 95.5 Å². The average Bonchev–Trinajstić information content (AvgIpc) is 2.61. The number of rotatable bonds is 8. The zero-order valence-electron chi connectivity index (χ0n) is 13.9. The Morgan fingerprint density at radius 1 is 1.00 bits per heavy atom. The molecule has 26 heavy (non-hydrogen) atoms. The van der Waals surface area contributed by atoms with Gasteiger partial charge < -0.3 is 15.7 Å². The summed E-state index contributed by atoms with van der Waals surface area (Å²) in [6.45, 7) is 0. The normalized spacial score (nSPS) is 11.4. The molecule has 2 aromatic carbocycles. The first kappa shape index (κ1) is 19.1. The predicted molar refractivity (Wildman–Crippen MR) is 94.0 cm³/mol. The second-order valence-electron chi connectivity index (χ2n) is 5.68. The van der Waals surface area contributed by atoms with Crippen LogP contribution in [0.2, 0.25) is 0 Å². The second kappa shape index (κ2) is 9.31. The van der Waals surface area contributed by atoms with Crippen molar-refractivity contribution >= 4 is 23.5 Å². The molecule has 2 amide bonds. The largest absolute Gasteiger partial charge is 0.481 e. The molecule has 0 aliphatic carbocycles. The molecule has 0 heterocycles. The number of benzene rings is 2. The fourth-order valence-corrected chi connectivity index (χ4v) is 2.35. The first-order valence-electron chi connectivity index (χ1n) is 8.06. The van der Waals surface area contributed by atoms with Gasteiger partial charge in [0.15, 0.2) is 0 Å². The third-order valence-corrected chi connectivity index (χ3v) is 3.65. The van der Waals surface area contributed by atoms with E-state index in [2.05, 4.69) is 10.6 Å². The van der Waals surface area contributed by atoms with Crippen LogP contribution >= 0.6 is 0 Å². The summed E-state index contributed by atoms with van der Waals surface area (Å²) in [6.07, 6.45) is -0.598. The molecule has 0 saturated heterocycles. The Morgan fingerprint density at radius 3 is 2.31 bits per heavy atom. The van der Waals surface area contributed by atoms with E-state index >= 15 is 0 Å². The second-order valence-corrected chi connectivity index (χ2v) is 5.68. The van der Waals surface area contributed by atoms with Gasteiger partial charge in [-0.25, -0.2) is 4.39 Å². The van der Waals surface area contributed by atoms with E-state index in [4.69, 9.17) is 5.11 Å². The maximum Gasteiger partial charge on any atom is 0.303 e. The quantitative estimate of drug-likeness (QED) is 0.675. The van der Waals surface area contributed by atoms with Crippen molar-refractivity contribution < 1.29 is 23.9 Å². The molecule has 0 unspecified atom stereocenters. The lowest BCUT2D eigenvalue weighted by atomic mass is 10.1. The summed E-state index contributed by atoms with van der Waals surface area (Å²) in [4.78, 5) is 35.4. The number of hydrogen-bond donors (Lipinski definition) is 3. The van der Waals surface area contributed by atoms with Gasteiger partial charge in [-0.1, -0.05) is 36.4 Å². The Hall–Kier alpha value is -3.22. The van der Waals surface area contributed by atoms with Gasteiger partial charge in [-0.2, -0.15) is 0 Å². The van der Waals surface area contributed by atoms with Crippen molar-refractivity contribution in [2.45, 2.75) is 25.3 Å². The maximum atomic E-state index is 13.7. The number of amides is 2. The minimum atomic E-state index is -1.08. The highest BCUT2D eigenvalue weighted by Gasteiger charge is 2.22. The fraction of sp³-hybridized carbons (Fsp3) is 0.211. The van der Waals surface area contributed by atoms with Gasteiger partial charge in [-0.05, 0) is 30.2 Å². The molecule has 0 aliphatic heterocycles. The van der Waals surface area contributed by atoms with Gasteiger partial charge in [0.05, 0.1) is 6.42 Å². The number of nitrogens with one attached hydrogen (secondary N) is 2. The zero-order chi connectivity index (χ0) is 18.9. The van der Waals surface area contributed by atoms with Crippen molar-refractivity contribution in [1.82, 2.24) is 5.32 Å². The van der Waals surface area contributed by atoms with Gasteiger partial charge in [0.2, 0.25) is 11.8 Å². The lowest BCUT2D eigenvalue weighted by Gasteiger charge is -2.18. The van der Waals surface area contributed by atoms with Crippen LogP contribution < -0.4 is 10.6 Å². The van der Waals surface area contributed by atoms with Gasteiger partial charge in [-0.3, -0.25) is 14.4 Å². The Morgan fingerprint density at radius 2 is 1.65 bits per heavy atom. The van der Waals surface area contributed by atoms with E-state index in [0.29, 0.717) is 5.69 Å². The summed E-state index contributed by atoms with van der Waals surface area (Å²) in [5, 5.41) is 14.0. The van der Waals surface area contributed by atoms with Crippen molar-refractivity contribution in [3.8, 4) is 0 Å². The van der Waals surface area contributed by atoms with Crippen LogP contribution in [0.1, 0.15) is 18.4 Å². The molecule has 0 aromatic heterocycles. The van der Waals surface area contributed by atoms with E-state index in [9.17, 15) is 18.8 Å². The van der Waals surface area contributed by atoms with E-state index in [1.165, 1.54) is 18.2 Å². The lowest BCUT2D eigenvalue weighted by molar-refractivity contribution is -0.137. The maximum absolute atomic E-state index is 13.7. The fourth-order valence-electron chi connectivity index (χ4n) is 2.35. The summed E-state index contributed by atoms with van der Waals surface area (Å²) in [5.74, 6) is -2.68. The van der Waals surface area contributed by atoms with E-state index in [-0.39, 0.29) is 24.8 Å². The van der Waals surface area contributed by atoms with E-state index < -0.39 is 29.6 Å². The molecule has 7 heteroatoms. The minimum Gasteiger partial charge on any atom is -0.481 e. The number of halogens is 1. The first-order chi connectivity index (χ1) is 12.5. The number of aliphatic carboxylic acids is 1. The number of anilines is 1. The number of hydrogen-bond acceptors (Lipinski definition) is 3. The van der Waals surface area contributed by atoms with Crippen molar-refractivity contribution in [3.05, 3.63) is 66.0 Å². The Balaban J connectivity index is 2.03. The summed E-state index contributed by atoms with van der Waals surface area (Å²) in [7, 11) is 0.